The molecule has 1 aliphatic heterocycles. The van der Waals surface area contributed by atoms with Gasteiger partial charge in [0, 0.05) is 29.5 Å². The number of thiocarbonyl (C=S) groups is 1. The topological polar surface area (TPSA) is 33.1 Å². The highest BCUT2D eigenvalue weighted by Crippen LogP contribution is 2.42. The van der Waals surface area contributed by atoms with Gasteiger partial charge in [0.15, 0.2) is 5.11 Å². The molecule has 2 aromatic carbocycles. The maximum Gasteiger partial charge on any atom is 0.174 e. The van der Waals surface area contributed by atoms with E-state index in [2.05, 4.69) is 107 Å². The van der Waals surface area contributed by atoms with Crippen molar-refractivity contribution in [2.45, 2.75) is 39.3 Å². The Bertz CT molecular complexity index is 1280. The zero-order valence-corrected chi connectivity index (χ0v) is 20.0. The van der Waals surface area contributed by atoms with Crippen LogP contribution in [-0.2, 0) is 6.42 Å². The highest BCUT2D eigenvalue weighted by atomic mass is 32.1. The van der Waals surface area contributed by atoms with Gasteiger partial charge in [0.05, 0.1) is 11.7 Å². The molecule has 4 aromatic rings. The molecule has 1 N–H and O–H groups in total. The molecular weight excluding hydrogens is 424 g/mol. The van der Waals surface area contributed by atoms with E-state index in [1.807, 2.05) is 18.3 Å². The molecule has 1 fully saturated rings. The van der Waals surface area contributed by atoms with E-state index >= 15 is 0 Å². The summed E-state index contributed by atoms with van der Waals surface area (Å²) in [5.74, 6) is 0. The first kappa shape index (κ1) is 21.4. The summed E-state index contributed by atoms with van der Waals surface area (Å²) in [6.07, 6.45) is 4.99. The van der Waals surface area contributed by atoms with E-state index in [0.717, 1.165) is 23.5 Å². The van der Waals surface area contributed by atoms with Gasteiger partial charge < -0.3 is 14.8 Å². The third kappa shape index (κ3) is 3.93. The van der Waals surface area contributed by atoms with Crippen LogP contribution < -0.4 is 10.2 Å². The van der Waals surface area contributed by atoms with E-state index in [1.165, 1.54) is 22.4 Å². The van der Waals surface area contributed by atoms with Gasteiger partial charge in [0.2, 0.25) is 0 Å². The standard InChI is InChI=1S/C28H28N4S/c1-4-21-11-14-22(15-12-21)32-27(26(30-28(32)33)24-8-5-6-16-29-24)25-9-7-17-31(25)23-13-10-19(2)20(3)18-23/h5-18,26-27H,4H2,1-3H3,(H,30,33)/t26-,27+/m1/s1. The summed E-state index contributed by atoms with van der Waals surface area (Å²) in [6, 6.07) is 25.6. The molecule has 33 heavy (non-hydrogen) atoms. The molecule has 0 radical (unpaired) electrons. The average Bonchev–Trinajstić information content (AvgIpc) is 3.46. The van der Waals surface area contributed by atoms with Crippen molar-refractivity contribution < 1.29 is 0 Å². The number of pyridine rings is 1. The first-order valence-corrected chi connectivity index (χ1v) is 11.8. The third-order valence-electron chi connectivity index (χ3n) is 6.57. The summed E-state index contributed by atoms with van der Waals surface area (Å²) in [4.78, 5) is 6.92. The van der Waals surface area contributed by atoms with E-state index in [-0.39, 0.29) is 12.1 Å². The van der Waals surface area contributed by atoms with Crippen LogP contribution in [0.15, 0.2) is 85.2 Å². The summed E-state index contributed by atoms with van der Waals surface area (Å²) < 4.78 is 2.27. The molecule has 0 saturated carbocycles. The highest BCUT2D eigenvalue weighted by Gasteiger charge is 2.42. The van der Waals surface area contributed by atoms with Crippen molar-refractivity contribution >= 4 is 23.0 Å². The molecule has 0 amide bonds. The fraction of sp³-hybridized carbons (Fsp3) is 0.214. The van der Waals surface area contributed by atoms with Crippen LogP contribution in [0.5, 0.6) is 0 Å². The predicted octanol–water partition coefficient (Wildman–Crippen LogP) is 6.23. The molecule has 2 atom stereocenters. The summed E-state index contributed by atoms with van der Waals surface area (Å²) >= 11 is 5.89. The SMILES string of the molecule is CCc1ccc(N2C(=S)N[C@H](c3ccccn3)[C@@H]2c2cccn2-c2ccc(C)c(C)c2)cc1. The van der Waals surface area contributed by atoms with Crippen LogP contribution in [0.3, 0.4) is 0 Å². The van der Waals surface area contributed by atoms with Crippen LogP contribution in [0.1, 0.15) is 47.1 Å². The van der Waals surface area contributed by atoms with Crippen molar-refractivity contribution in [3.8, 4) is 5.69 Å². The van der Waals surface area contributed by atoms with Crippen molar-refractivity contribution in [3.05, 3.63) is 113 Å². The molecule has 1 saturated heterocycles. The monoisotopic (exact) mass is 452 g/mol. The molecule has 2 aromatic heterocycles. The molecule has 166 valence electrons. The highest BCUT2D eigenvalue weighted by molar-refractivity contribution is 7.80. The van der Waals surface area contributed by atoms with Gasteiger partial charge in [-0.2, -0.15) is 0 Å². The third-order valence-corrected chi connectivity index (χ3v) is 6.89. The molecule has 0 bridgehead atoms. The lowest BCUT2D eigenvalue weighted by molar-refractivity contribution is 0.549. The Balaban J connectivity index is 1.65. The lowest BCUT2D eigenvalue weighted by Crippen LogP contribution is -2.30. The second kappa shape index (κ2) is 8.83. The fourth-order valence-electron chi connectivity index (χ4n) is 4.57. The molecule has 3 heterocycles. The molecule has 0 unspecified atom stereocenters. The lowest BCUT2D eigenvalue weighted by atomic mass is 10.00. The van der Waals surface area contributed by atoms with Gasteiger partial charge in [-0.3, -0.25) is 4.98 Å². The first-order valence-electron chi connectivity index (χ1n) is 11.4. The number of hydrogen-bond acceptors (Lipinski definition) is 2. The predicted molar refractivity (Wildman–Crippen MR) is 139 cm³/mol. The first-order chi connectivity index (χ1) is 16.1. The van der Waals surface area contributed by atoms with Crippen LogP contribution in [0, 0.1) is 13.8 Å². The smallest absolute Gasteiger partial charge is 0.174 e. The Morgan fingerprint density at radius 1 is 0.909 bits per heavy atom. The number of hydrogen-bond donors (Lipinski definition) is 1. The van der Waals surface area contributed by atoms with Crippen LogP contribution in [0.4, 0.5) is 5.69 Å². The van der Waals surface area contributed by atoms with Crippen molar-refractivity contribution in [1.29, 1.82) is 0 Å². The Morgan fingerprint density at radius 2 is 1.70 bits per heavy atom. The average molecular weight is 453 g/mol. The van der Waals surface area contributed by atoms with Crippen molar-refractivity contribution in [2.75, 3.05) is 4.90 Å². The number of aromatic nitrogens is 2. The maximum absolute atomic E-state index is 5.89. The van der Waals surface area contributed by atoms with Gasteiger partial charge in [-0.25, -0.2) is 0 Å². The Labute approximate surface area is 200 Å². The molecule has 0 aliphatic carbocycles. The molecule has 1 aliphatic rings. The van der Waals surface area contributed by atoms with Gasteiger partial charge in [-0.1, -0.05) is 31.2 Å². The minimum Gasteiger partial charge on any atom is -0.351 e. The largest absolute Gasteiger partial charge is 0.351 e. The zero-order valence-electron chi connectivity index (χ0n) is 19.2. The van der Waals surface area contributed by atoms with Gasteiger partial charge in [0.25, 0.3) is 0 Å². The van der Waals surface area contributed by atoms with Crippen LogP contribution >= 0.6 is 12.2 Å². The number of aryl methyl sites for hydroxylation is 3. The number of rotatable bonds is 5. The van der Waals surface area contributed by atoms with Gasteiger partial charge in [0.1, 0.15) is 6.04 Å². The van der Waals surface area contributed by atoms with E-state index in [0.29, 0.717) is 5.11 Å². The lowest BCUT2D eigenvalue weighted by Gasteiger charge is -2.29. The minimum absolute atomic E-state index is 0.0449. The van der Waals surface area contributed by atoms with Crippen molar-refractivity contribution in [1.82, 2.24) is 14.9 Å². The van der Waals surface area contributed by atoms with E-state index in [4.69, 9.17) is 12.2 Å². The quantitative estimate of drug-likeness (QED) is 0.364. The number of nitrogens with zero attached hydrogens (tertiary/aromatic N) is 3. The number of nitrogens with one attached hydrogen (secondary N) is 1. The maximum atomic E-state index is 5.89. The Hall–Kier alpha value is -3.44. The second-order valence-electron chi connectivity index (χ2n) is 8.59. The zero-order chi connectivity index (χ0) is 22.9. The van der Waals surface area contributed by atoms with Crippen molar-refractivity contribution in [3.63, 3.8) is 0 Å². The van der Waals surface area contributed by atoms with Crippen LogP contribution in [-0.4, -0.2) is 14.7 Å². The summed E-state index contributed by atoms with van der Waals surface area (Å²) in [6.45, 7) is 6.48. The molecule has 0 spiro atoms. The normalized spacial score (nSPS) is 17.9. The number of benzene rings is 2. The van der Waals surface area contributed by atoms with Crippen LogP contribution in [0.2, 0.25) is 0 Å². The fourth-order valence-corrected chi connectivity index (χ4v) is 4.92. The van der Waals surface area contributed by atoms with E-state index < -0.39 is 0 Å². The molecule has 5 heteroatoms. The minimum atomic E-state index is -0.0650. The molecular formula is C28H28N4S. The van der Waals surface area contributed by atoms with Gasteiger partial charge in [-0.15, -0.1) is 0 Å². The van der Waals surface area contributed by atoms with E-state index in [1.54, 1.807) is 0 Å². The van der Waals surface area contributed by atoms with Gasteiger partial charge in [-0.05, 0) is 97.7 Å². The number of anilines is 1. The van der Waals surface area contributed by atoms with Gasteiger partial charge >= 0.3 is 0 Å². The summed E-state index contributed by atoms with van der Waals surface area (Å²) in [5, 5.41) is 4.28. The second-order valence-corrected chi connectivity index (χ2v) is 8.97. The Kier molecular flexibility index (Phi) is 5.73. The Morgan fingerprint density at radius 3 is 2.39 bits per heavy atom. The molecule has 4 nitrogen and oxygen atoms in total. The summed E-state index contributed by atoms with van der Waals surface area (Å²) in [7, 11) is 0. The summed E-state index contributed by atoms with van der Waals surface area (Å²) in [5.41, 5.74) is 8.26. The van der Waals surface area contributed by atoms with Crippen LogP contribution in [0.25, 0.3) is 5.69 Å². The molecule has 5 rings (SSSR count). The van der Waals surface area contributed by atoms with Crippen molar-refractivity contribution in [2.24, 2.45) is 0 Å². The van der Waals surface area contributed by atoms with E-state index in [9.17, 15) is 0 Å².